The van der Waals surface area contributed by atoms with Crippen molar-refractivity contribution in [3.63, 3.8) is 0 Å². The van der Waals surface area contributed by atoms with E-state index in [2.05, 4.69) is 10.6 Å². The normalized spacial score (nSPS) is 15.7. The first-order valence-corrected chi connectivity index (χ1v) is 13.6. The van der Waals surface area contributed by atoms with Crippen LogP contribution < -0.4 is 10.6 Å². The second-order valence-electron chi connectivity index (χ2n) is 8.77. The molecule has 4 rings (SSSR count). The van der Waals surface area contributed by atoms with Crippen LogP contribution in [0.1, 0.15) is 41.7 Å². The third kappa shape index (κ3) is 5.95. The van der Waals surface area contributed by atoms with E-state index in [9.17, 15) is 18.0 Å². The third-order valence-electron chi connectivity index (χ3n) is 6.35. The number of hydrogen-bond acceptors (Lipinski definition) is 4. The van der Waals surface area contributed by atoms with Gasteiger partial charge in [0.05, 0.1) is 22.2 Å². The Morgan fingerprint density at radius 1 is 0.917 bits per heavy atom. The second-order valence-corrected chi connectivity index (χ2v) is 11.1. The van der Waals surface area contributed by atoms with E-state index in [1.165, 1.54) is 16.4 Å². The molecule has 7 nitrogen and oxygen atoms in total. The summed E-state index contributed by atoms with van der Waals surface area (Å²) in [4.78, 5) is 26.2. The number of nitrogens with one attached hydrogen (secondary N) is 2. The molecule has 1 fully saturated rings. The van der Waals surface area contributed by atoms with Crippen molar-refractivity contribution in [2.75, 3.05) is 18.4 Å². The summed E-state index contributed by atoms with van der Waals surface area (Å²) in [5.74, 6) is -0.873. The lowest BCUT2D eigenvalue weighted by atomic mass is 9.97. The largest absolute Gasteiger partial charge is 0.345 e. The van der Waals surface area contributed by atoms with Gasteiger partial charge in [0, 0.05) is 24.0 Å². The lowest BCUT2D eigenvalue weighted by Gasteiger charge is -2.30. The predicted octanol–water partition coefficient (Wildman–Crippen LogP) is 4.87. The minimum Gasteiger partial charge on any atom is -0.345 e. The SMILES string of the molecule is C[C@H](NC(=O)c1ccccc1NC(=O)C1CCN(S(=O)(=O)c2ccc(Cl)cc2)CC1)c1ccccc1. The topological polar surface area (TPSA) is 95.6 Å². The van der Waals surface area contributed by atoms with E-state index >= 15 is 0 Å². The lowest BCUT2D eigenvalue weighted by molar-refractivity contribution is -0.120. The number of amides is 2. The molecule has 0 radical (unpaired) electrons. The van der Waals surface area contributed by atoms with Gasteiger partial charge in [-0.25, -0.2) is 8.42 Å². The number of piperidine rings is 1. The van der Waals surface area contributed by atoms with Crippen LogP contribution in [0.15, 0.2) is 83.8 Å². The minimum absolute atomic E-state index is 0.180. The van der Waals surface area contributed by atoms with Crippen LogP contribution in [0.25, 0.3) is 0 Å². The van der Waals surface area contributed by atoms with Crippen LogP contribution in [0.4, 0.5) is 5.69 Å². The average Bonchev–Trinajstić information content (AvgIpc) is 2.89. The first kappa shape index (κ1) is 25.9. The number of hydrogen-bond donors (Lipinski definition) is 2. The standard InChI is InChI=1S/C27H28ClN3O4S/c1-19(20-7-3-2-4-8-20)29-27(33)24-9-5-6-10-25(24)30-26(32)21-15-17-31(18-16-21)36(34,35)23-13-11-22(28)12-14-23/h2-14,19,21H,15-18H2,1H3,(H,29,33)(H,30,32)/t19-/m0/s1. The zero-order valence-corrected chi connectivity index (χ0v) is 21.4. The van der Waals surface area contributed by atoms with Crippen LogP contribution in [0, 0.1) is 5.92 Å². The molecule has 36 heavy (non-hydrogen) atoms. The Labute approximate surface area is 216 Å². The van der Waals surface area contributed by atoms with Crippen molar-refractivity contribution in [2.24, 2.45) is 5.92 Å². The number of anilines is 1. The van der Waals surface area contributed by atoms with Crippen LogP contribution in [0.5, 0.6) is 0 Å². The Balaban J connectivity index is 1.38. The number of carbonyl (C=O) groups is 2. The van der Waals surface area contributed by atoms with Gasteiger partial charge >= 0.3 is 0 Å². The molecule has 1 atom stereocenters. The van der Waals surface area contributed by atoms with Gasteiger partial charge in [-0.2, -0.15) is 4.31 Å². The smallest absolute Gasteiger partial charge is 0.253 e. The monoisotopic (exact) mass is 525 g/mol. The van der Waals surface area contributed by atoms with Gasteiger partial charge in [-0.1, -0.05) is 54.1 Å². The van der Waals surface area contributed by atoms with Gasteiger partial charge in [-0.15, -0.1) is 0 Å². The molecule has 0 unspecified atom stereocenters. The summed E-state index contributed by atoms with van der Waals surface area (Å²) in [6.45, 7) is 2.37. The van der Waals surface area contributed by atoms with E-state index in [1.54, 1.807) is 36.4 Å². The van der Waals surface area contributed by atoms with Crippen LogP contribution in [-0.2, 0) is 14.8 Å². The van der Waals surface area contributed by atoms with Crippen molar-refractivity contribution in [3.8, 4) is 0 Å². The Morgan fingerprint density at radius 2 is 1.53 bits per heavy atom. The van der Waals surface area contributed by atoms with Gasteiger partial charge in [-0.05, 0) is 61.7 Å². The number of nitrogens with zero attached hydrogens (tertiary/aromatic N) is 1. The highest BCUT2D eigenvalue weighted by atomic mass is 35.5. The van der Waals surface area contributed by atoms with Crippen molar-refractivity contribution < 1.29 is 18.0 Å². The van der Waals surface area contributed by atoms with E-state index in [-0.39, 0.29) is 41.8 Å². The molecule has 3 aromatic carbocycles. The van der Waals surface area contributed by atoms with E-state index in [0.717, 1.165) is 5.56 Å². The minimum atomic E-state index is -3.65. The maximum atomic E-state index is 13.0. The van der Waals surface area contributed by atoms with Crippen molar-refractivity contribution >= 4 is 39.1 Å². The quantitative estimate of drug-likeness (QED) is 0.460. The highest BCUT2D eigenvalue weighted by Crippen LogP contribution is 2.26. The molecule has 2 amide bonds. The lowest BCUT2D eigenvalue weighted by Crippen LogP contribution is -2.41. The van der Waals surface area contributed by atoms with E-state index in [1.807, 2.05) is 37.3 Å². The molecule has 1 aliphatic heterocycles. The van der Waals surface area contributed by atoms with Crippen LogP contribution in [-0.4, -0.2) is 37.6 Å². The molecule has 9 heteroatoms. The molecule has 1 saturated heterocycles. The van der Waals surface area contributed by atoms with Crippen molar-refractivity contribution in [1.82, 2.24) is 9.62 Å². The molecule has 0 bridgehead atoms. The summed E-state index contributed by atoms with van der Waals surface area (Å²) in [5.41, 5.74) is 1.78. The number of benzene rings is 3. The summed E-state index contributed by atoms with van der Waals surface area (Å²) in [7, 11) is -3.65. The van der Waals surface area contributed by atoms with E-state index in [4.69, 9.17) is 11.6 Å². The molecule has 0 aliphatic carbocycles. The summed E-state index contributed by atoms with van der Waals surface area (Å²) in [6, 6.07) is 22.4. The van der Waals surface area contributed by atoms with Crippen molar-refractivity contribution in [3.05, 3.63) is 95.0 Å². The molecule has 2 N–H and O–H groups in total. The number of rotatable bonds is 7. The second kappa shape index (κ2) is 11.2. The van der Waals surface area contributed by atoms with Gasteiger partial charge in [0.25, 0.3) is 5.91 Å². The molecular formula is C27H28ClN3O4S. The molecule has 0 spiro atoms. The van der Waals surface area contributed by atoms with Gasteiger partial charge in [0.1, 0.15) is 0 Å². The molecule has 0 saturated carbocycles. The first-order chi connectivity index (χ1) is 17.3. The van der Waals surface area contributed by atoms with E-state index in [0.29, 0.717) is 29.1 Å². The highest BCUT2D eigenvalue weighted by molar-refractivity contribution is 7.89. The van der Waals surface area contributed by atoms with Crippen molar-refractivity contribution in [2.45, 2.75) is 30.7 Å². The number of halogens is 1. The average molecular weight is 526 g/mol. The summed E-state index contributed by atoms with van der Waals surface area (Å²) < 4.78 is 27.2. The Kier molecular flexibility index (Phi) is 8.08. The third-order valence-corrected chi connectivity index (χ3v) is 8.52. The number of carbonyl (C=O) groups excluding carboxylic acids is 2. The summed E-state index contributed by atoms with van der Waals surface area (Å²) in [5, 5.41) is 6.32. The molecule has 1 heterocycles. The molecule has 0 aromatic heterocycles. The van der Waals surface area contributed by atoms with Crippen LogP contribution in [0.3, 0.4) is 0 Å². The summed E-state index contributed by atoms with van der Waals surface area (Å²) >= 11 is 5.87. The van der Waals surface area contributed by atoms with Gasteiger partial charge in [0.15, 0.2) is 0 Å². The Bertz CT molecular complexity index is 1320. The van der Waals surface area contributed by atoms with Crippen LogP contribution in [0.2, 0.25) is 5.02 Å². The van der Waals surface area contributed by atoms with Gasteiger partial charge in [0.2, 0.25) is 15.9 Å². The first-order valence-electron chi connectivity index (χ1n) is 11.8. The zero-order chi connectivity index (χ0) is 25.7. The molecule has 3 aromatic rings. The fourth-order valence-corrected chi connectivity index (χ4v) is 5.83. The predicted molar refractivity (Wildman–Crippen MR) is 140 cm³/mol. The van der Waals surface area contributed by atoms with Gasteiger partial charge in [-0.3, -0.25) is 9.59 Å². The Hall–Kier alpha value is -3.20. The number of sulfonamides is 1. The molecule has 188 valence electrons. The zero-order valence-electron chi connectivity index (χ0n) is 19.9. The van der Waals surface area contributed by atoms with Gasteiger partial charge < -0.3 is 10.6 Å². The Morgan fingerprint density at radius 3 is 2.19 bits per heavy atom. The maximum absolute atomic E-state index is 13.0. The molecule has 1 aliphatic rings. The fraction of sp³-hybridized carbons (Fsp3) is 0.259. The molecular weight excluding hydrogens is 498 g/mol. The summed E-state index contributed by atoms with van der Waals surface area (Å²) in [6.07, 6.45) is 0.774. The van der Waals surface area contributed by atoms with E-state index < -0.39 is 10.0 Å². The number of para-hydroxylation sites is 1. The highest BCUT2D eigenvalue weighted by Gasteiger charge is 2.32. The fourth-order valence-electron chi connectivity index (χ4n) is 4.24. The van der Waals surface area contributed by atoms with Crippen LogP contribution >= 0.6 is 11.6 Å². The maximum Gasteiger partial charge on any atom is 0.253 e. The van der Waals surface area contributed by atoms with Crippen molar-refractivity contribution in [1.29, 1.82) is 0 Å².